The molecule has 0 aliphatic rings. The number of hydrogen-bond acceptors (Lipinski definition) is 6. The quantitative estimate of drug-likeness (QED) is 0.563. The Morgan fingerprint density at radius 1 is 0.960 bits per heavy atom. The molecule has 2 heterocycles. The van der Waals surface area contributed by atoms with Gasteiger partial charge in [0, 0.05) is 11.6 Å². The number of pyridine rings is 1. The highest BCUT2D eigenvalue weighted by molar-refractivity contribution is 5.92. The van der Waals surface area contributed by atoms with Gasteiger partial charge >= 0.3 is 0 Å². The van der Waals surface area contributed by atoms with E-state index in [1.165, 1.54) is 0 Å². The van der Waals surface area contributed by atoms with Crippen LogP contribution in [0.1, 0.15) is 0 Å². The first-order valence-corrected chi connectivity index (χ1v) is 7.70. The van der Waals surface area contributed by atoms with E-state index in [-0.39, 0.29) is 0 Å². The van der Waals surface area contributed by atoms with Crippen molar-refractivity contribution in [1.82, 2.24) is 15.1 Å². The number of rotatable bonds is 4. The number of benzene rings is 2. The summed E-state index contributed by atoms with van der Waals surface area (Å²) in [7, 11) is 3.20. The standard InChI is InChI=1S/C19H15N3O3/c1-23-13-7-8-16(24-2)15(11-13)18-21-19(25-22-18)17-14-6-4-3-5-12(14)9-10-20-17/h3-11H,1-2H3. The van der Waals surface area contributed by atoms with E-state index in [1.54, 1.807) is 26.5 Å². The number of hydrogen-bond donors (Lipinski definition) is 0. The predicted molar refractivity (Wildman–Crippen MR) is 93.6 cm³/mol. The Hall–Kier alpha value is -3.41. The van der Waals surface area contributed by atoms with Crippen LogP contribution in [0.3, 0.4) is 0 Å². The zero-order valence-electron chi connectivity index (χ0n) is 13.8. The number of nitrogens with zero attached hydrogens (tertiary/aromatic N) is 3. The zero-order valence-corrected chi connectivity index (χ0v) is 13.8. The average Bonchev–Trinajstić information content (AvgIpc) is 3.16. The Morgan fingerprint density at radius 2 is 1.84 bits per heavy atom. The van der Waals surface area contributed by atoms with Gasteiger partial charge in [0.05, 0.1) is 19.8 Å². The van der Waals surface area contributed by atoms with Crippen molar-refractivity contribution in [2.75, 3.05) is 14.2 Å². The lowest BCUT2D eigenvalue weighted by molar-refractivity contribution is 0.403. The summed E-state index contributed by atoms with van der Waals surface area (Å²) in [5.41, 5.74) is 1.34. The summed E-state index contributed by atoms with van der Waals surface area (Å²) in [4.78, 5) is 8.92. The molecule has 0 unspecified atom stereocenters. The summed E-state index contributed by atoms with van der Waals surface area (Å²) in [5, 5.41) is 6.11. The third-order valence-electron chi connectivity index (χ3n) is 3.95. The fraction of sp³-hybridized carbons (Fsp3) is 0.105. The molecule has 0 bridgehead atoms. The Kier molecular flexibility index (Phi) is 3.78. The number of fused-ring (bicyclic) bond motifs is 1. The molecular formula is C19H15N3O3. The third-order valence-corrected chi connectivity index (χ3v) is 3.95. The first-order valence-electron chi connectivity index (χ1n) is 7.70. The van der Waals surface area contributed by atoms with Gasteiger partial charge in [-0.05, 0) is 29.7 Å². The summed E-state index contributed by atoms with van der Waals surface area (Å²) < 4.78 is 16.1. The highest BCUT2D eigenvalue weighted by Gasteiger charge is 2.17. The van der Waals surface area contributed by atoms with Crippen LogP contribution >= 0.6 is 0 Å². The van der Waals surface area contributed by atoms with Gasteiger partial charge in [0.2, 0.25) is 5.82 Å². The van der Waals surface area contributed by atoms with Gasteiger partial charge in [-0.25, -0.2) is 0 Å². The highest BCUT2D eigenvalue weighted by atomic mass is 16.5. The molecule has 6 heteroatoms. The normalized spacial score (nSPS) is 10.8. The summed E-state index contributed by atoms with van der Waals surface area (Å²) in [5.74, 6) is 2.10. The lowest BCUT2D eigenvalue weighted by Crippen LogP contribution is -1.92. The monoisotopic (exact) mass is 333 g/mol. The minimum Gasteiger partial charge on any atom is -0.497 e. The van der Waals surface area contributed by atoms with E-state index in [9.17, 15) is 0 Å². The minimum absolute atomic E-state index is 0.358. The fourth-order valence-corrected chi connectivity index (χ4v) is 2.71. The van der Waals surface area contributed by atoms with Crippen molar-refractivity contribution in [3.05, 3.63) is 54.7 Å². The maximum atomic E-state index is 5.47. The van der Waals surface area contributed by atoms with E-state index in [0.29, 0.717) is 34.5 Å². The van der Waals surface area contributed by atoms with E-state index in [0.717, 1.165) is 10.8 Å². The predicted octanol–water partition coefficient (Wildman–Crippen LogP) is 3.97. The summed E-state index contributed by atoms with van der Waals surface area (Å²) in [6.07, 6.45) is 1.73. The van der Waals surface area contributed by atoms with Crippen LogP contribution in [0.15, 0.2) is 59.3 Å². The topological polar surface area (TPSA) is 70.3 Å². The molecule has 0 saturated carbocycles. The molecule has 0 amide bonds. The Morgan fingerprint density at radius 3 is 2.68 bits per heavy atom. The molecule has 2 aromatic carbocycles. The molecule has 0 spiro atoms. The SMILES string of the molecule is COc1ccc(OC)c(-c2noc(-c3nccc4ccccc34)n2)c1. The van der Waals surface area contributed by atoms with Crippen LogP contribution in [0.4, 0.5) is 0 Å². The second kappa shape index (κ2) is 6.24. The van der Waals surface area contributed by atoms with Crippen molar-refractivity contribution in [1.29, 1.82) is 0 Å². The van der Waals surface area contributed by atoms with Gasteiger partial charge in [0.25, 0.3) is 5.89 Å². The average molecular weight is 333 g/mol. The van der Waals surface area contributed by atoms with Gasteiger partial charge in [-0.15, -0.1) is 0 Å². The number of ether oxygens (including phenoxy) is 2. The van der Waals surface area contributed by atoms with Crippen molar-refractivity contribution in [2.24, 2.45) is 0 Å². The number of methoxy groups -OCH3 is 2. The molecule has 0 atom stereocenters. The van der Waals surface area contributed by atoms with E-state index in [4.69, 9.17) is 14.0 Å². The molecule has 0 fully saturated rings. The summed E-state index contributed by atoms with van der Waals surface area (Å²) >= 11 is 0. The van der Waals surface area contributed by atoms with Crippen LogP contribution < -0.4 is 9.47 Å². The molecule has 0 aliphatic heterocycles. The molecule has 0 radical (unpaired) electrons. The van der Waals surface area contributed by atoms with Gasteiger partial charge in [0.15, 0.2) is 0 Å². The second-order valence-corrected chi connectivity index (χ2v) is 5.37. The van der Waals surface area contributed by atoms with Crippen LogP contribution in [-0.2, 0) is 0 Å². The van der Waals surface area contributed by atoms with E-state index in [1.807, 2.05) is 42.5 Å². The molecule has 2 aromatic heterocycles. The second-order valence-electron chi connectivity index (χ2n) is 5.37. The van der Waals surface area contributed by atoms with Crippen LogP contribution in [0.2, 0.25) is 0 Å². The van der Waals surface area contributed by atoms with Crippen molar-refractivity contribution in [2.45, 2.75) is 0 Å². The van der Waals surface area contributed by atoms with Crippen LogP contribution in [0, 0.1) is 0 Å². The first-order chi connectivity index (χ1) is 12.3. The third kappa shape index (κ3) is 2.67. The van der Waals surface area contributed by atoms with Crippen molar-refractivity contribution < 1.29 is 14.0 Å². The van der Waals surface area contributed by atoms with Gasteiger partial charge in [0.1, 0.15) is 17.2 Å². The van der Waals surface area contributed by atoms with E-state index in [2.05, 4.69) is 15.1 Å². The van der Waals surface area contributed by atoms with Crippen LogP contribution in [0.25, 0.3) is 33.7 Å². The smallest absolute Gasteiger partial charge is 0.277 e. The van der Waals surface area contributed by atoms with E-state index < -0.39 is 0 Å². The lowest BCUT2D eigenvalue weighted by Gasteiger charge is -2.07. The summed E-state index contributed by atoms with van der Waals surface area (Å²) in [6.45, 7) is 0. The summed E-state index contributed by atoms with van der Waals surface area (Å²) in [6, 6.07) is 15.3. The van der Waals surface area contributed by atoms with Gasteiger partial charge in [-0.3, -0.25) is 4.98 Å². The van der Waals surface area contributed by atoms with Crippen molar-refractivity contribution >= 4 is 10.8 Å². The van der Waals surface area contributed by atoms with E-state index >= 15 is 0 Å². The molecule has 25 heavy (non-hydrogen) atoms. The molecular weight excluding hydrogens is 318 g/mol. The van der Waals surface area contributed by atoms with Gasteiger partial charge in [-0.2, -0.15) is 4.98 Å². The Balaban J connectivity index is 1.83. The van der Waals surface area contributed by atoms with Crippen LogP contribution in [0.5, 0.6) is 11.5 Å². The maximum Gasteiger partial charge on any atom is 0.277 e. The highest BCUT2D eigenvalue weighted by Crippen LogP contribution is 2.33. The molecule has 0 aliphatic carbocycles. The maximum absolute atomic E-state index is 5.47. The molecule has 6 nitrogen and oxygen atoms in total. The first kappa shape index (κ1) is 15.1. The van der Waals surface area contributed by atoms with Crippen LogP contribution in [-0.4, -0.2) is 29.3 Å². The molecule has 0 N–H and O–H groups in total. The van der Waals surface area contributed by atoms with Crippen molar-refractivity contribution in [3.8, 4) is 34.5 Å². The molecule has 124 valence electrons. The van der Waals surface area contributed by atoms with Gasteiger partial charge < -0.3 is 14.0 Å². The molecule has 4 rings (SSSR count). The largest absolute Gasteiger partial charge is 0.497 e. The molecule has 0 saturated heterocycles. The van der Waals surface area contributed by atoms with Gasteiger partial charge in [-0.1, -0.05) is 29.4 Å². The molecule has 4 aromatic rings. The lowest BCUT2D eigenvalue weighted by atomic mass is 10.1. The Bertz CT molecular complexity index is 1040. The van der Waals surface area contributed by atoms with Crippen molar-refractivity contribution in [3.63, 3.8) is 0 Å². The minimum atomic E-state index is 0.358. The fourth-order valence-electron chi connectivity index (χ4n) is 2.71. The number of aromatic nitrogens is 3. The Labute approximate surface area is 144 Å². The zero-order chi connectivity index (χ0) is 17.2.